The monoisotopic (exact) mass is 306 g/mol. The minimum Gasteiger partial charge on any atom is -0.489 e. The van der Waals surface area contributed by atoms with Crippen molar-refractivity contribution in [2.24, 2.45) is 0 Å². The minimum atomic E-state index is -1.10. The number of aliphatic carboxylic acids is 1. The molecule has 0 saturated carbocycles. The molecule has 0 fully saturated rings. The highest BCUT2D eigenvalue weighted by atomic mass is 35.5. The Morgan fingerprint density at radius 1 is 1.29 bits per heavy atom. The van der Waals surface area contributed by atoms with Crippen LogP contribution in [0.4, 0.5) is 4.39 Å². The topological polar surface area (TPSA) is 46.5 Å². The summed E-state index contributed by atoms with van der Waals surface area (Å²) in [6, 6.07) is 11.2. The van der Waals surface area contributed by atoms with E-state index in [0.717, 1.165) is 11.6 Å². The van der Waals surface area contributed by atoms with Gasteiger partial charge in [-0.25, -0.2) is 9.18 Å². The second-order valence-corrected chi connectivity index (χ2v) is 4.75. The molecule has 108 valence electrons. The van der Waals surface area contributed by atoms with E-state index < -0.39 is 11.8 Å². The lowest BCUT2D eigenvalue weighted by Crippen LogP contribution is -1.96. The smallest absolute Gasteiger partial charge is 0.328 e. The van der Waals surface area contributed by atoms with Crippen LogP contribution in [0.2, 0.25) is 5.02 Å². The molecule has 0 saturated heterocycles. The fourth-order valence-electron chi connectivity index (χ4n) is 1.72. The van der Waals surface area contributed by atoms with Crippen LogP contribution in [-0.2, 0) is 11.4 Å². The number of hydrogen-bond donors (Lipinski definition) is 1. The van der Waals surface area contributed by atoms with Crippen LogP contribution in [0.1, 0.15) is 11.1 Å². The third-order valence-electron chi connectivity index (χ3n) is 2.61. The van der Waals surface area contributed by atoms with Crippen LogP contribution in [0.25, 0.3) is 6.08 Å². The second kappa shape index (κ2) is 6.90. The molecule has 0 spiro atoms. The Kier molecular flexibility index (Phi) is 4.95. The van der Waals surface area contributed by atoms with Gasteiger partial charge in [0.15, 0.2) is 0 Å². The van der Waals surface area contributed by atoms with E-state index in [1.54, 1.807) is 24.3 Å². The van der Waals surface area contributed by atoms with Gasteiger partial charge in [0.05, 0.1) is 0 Å². The normalized spacial score (nSPS) is 10.8. The van der Waals surface area contributed by atoms with Gasteiger partial charge in [0.2, 0.25) is 0 Å². The molecule has 21 heavy (non-hydrogen) atoms. The van der Waals surface area contributed by atoms with E-state index in [4.69, 9.17) is 21.4 Å². The zero-order chi connectivity index (χ0) is 15.2. The highest BCUT2D eigenvalue weighted by Gasteiger charge is 2.02. The van der Waals surface area contributed by atoms with Crippen LogP contribution in [0.15, 0.2) is 48.5 Å². The van der Waals surface area contributed by atoms with Crippen molar-refractivity contribution in [1.29, 1.82) is 0 Å². The molecule has 5 heteroatoms. The Bertz CT molecular complexity index is 683. The fraction of sp³-hybridized carbons (Fsp3) is 0.0625. The third kappa shape index (κ3) is 4.93. The molecular weight excluding hydrogens is 295 g/mol. The Morgan fingerprint density at radius 2 is 2.10 bits per heavy atom. The van der Waals surface area contributed by atoms with Gasteiger partial charge in [-0.1, -0.05) is 23.7 Å². The molecule has 2 aromatic carbocycles. The summed E-state index contributed by atoms with van der Waals surface area (Å²) in [5, 5.41) is 9.16. The number of ether oxygens (including phenoxy) is 1. The van der Waals surface area contributed by atoms with E-state index in [0.29, 0.717) is 16.3 Å². The molecule has 0 aliphatic heterocycles. The van der Waals surface area contributed by atoms with Gasteiger partial charge in [-0.05, 0) is 41.5 Å². The first-order valence-electron chi connectivity index (χ1n) is 6.12. The average molecular weight is 307 g/mol. The van der Waals surface area contributed by atoms with Crippen LogP contribution in [0.3, 0.4) is 0 Å². The van der Waals surface area contributed by atoms with E-state index in [2.05, 4.69) is 0 Å². The first-order valence-corrected chi connectivity index (χ1v) is 6.49. The average Bonchev–Trinajstić information content (AvgIpc) is 2.43. The molecule has 0 aromatic heterocycles. The fourth-order valence-corrected chi connectivity index (χ4v) is 1.94. The summed E-state index contributed by atoms with van der Waals surface area (Å²) in [5.41, 5.74) is 1.27. The van der Waals surface area contributed by atoms with Crippen LogP contribution < -0.4 is 4.74 Å². The molecule has 1 N–H and O–H groups in total. The predicted molar refractivity (Wildman–Crippen MR) is 78.9 cm³/mol. The first-order chi connectivity index (χ1) is 10.0. The SMILES string of the molecule is O=C(O)/C=C/c1cc(F)cc(OCc2cccc(Cl)c2)c1. The quantitative estimate of drug-likeness (QED) is 0.844. The van der Waals surface area contributed by atoms with Crippen molar-refractivity contribution in [3.8, 4) is 5.75 Å². The highest BCUT2D eigenvalue weighted by molar-refractivity contribution is 6.30. The van der Waals surface area contributed by atoms with Gasteiger partial charge in [-0.15, -0.1) is 0 Å². The number of benzene rings is 2. The predicted octanol–water partition coefficient (Wildman–Crippen LogP) is 4.16. The maximum Gasteiger partial charge on any atom is 0.328 e. The molecule has 0 aliphatic carbocycles. The molecule has 0 amide bonds. The van der Waals surface area contributed by atoms with E-state index in [-0.39, 0.29) is 6.61 Å². The van der Waals surface area contributed by atoms with Crippen molar-refractivity contribution in [3.05, 3.63) is 70.5 Å². The number of carboxylic acid groups (broad SMARTS) is 1. The zero-order valence-corrected chi connectivity index (χ0v) is 11.7. The number of halogens is 2. The summed E-state index contributed by atoms with van der Waals surface area (Å²) in [4.78, 5) is 10.5. The lowest BCUT2D eigenvalue weighted by molar-refractivity contribution is -0.131. The Balaban J connectivity index is 2.11. The van der Waals surface area contributed by atoms with E-state index in [9.17, 15) is 9.18 Å². The Morgan fingerprint density at radius 3 is 2.81 bits per heavy atom. The lowest BCUT2D eigenvalue weighted by atomic mass is 10.2. The van der Waals surface area contributed by atoms with Gasteiger partial charge in [-0.2, -0.15) is 0 Å². The van der Waals surface area contributed by atoms with Gasteiger partial charge in [0.25, 0.3) is 0 Å². The van der Waals surface area contributed by atoms with Crippen molar-refractivity contribution >= 4 is 23.6 Å². The van der Waals surface area contributed by atoms with Crippen molar-refractivity contribution in [1.82, 2.24) is 0 Å². The van der Waals surface area contributed by atoms with Gasteiger partial charge < -0.3 is 9.84 Å². The molecule has 0 heterocycles. The third-order valence-corrected chi connectivity index (χ3v) is 2.84. The highest BCUT2D eigenvalue weighted by Crippen LogP contribution is 2.19. The summed E-state index contributed by atoms with van der Waals surface area (Å²) in [6.45, 7) is 0.242. The van der Waals surface area contributed by atoms with Crippen LogP contribution in [0.5, 0.6) is 5.75 Å². The summed E-state index contributed by atoms with van der Waals surface area (Å²) in [5.74, 6) is -1.27. The Labute approximate surface area is 126 Å². The summed E-state index contributed by atoms with van der Waals surface area (Å²) < 4.78 is 19.0. The molecule has 0 bridgehead atoms. The van der Waals surface area contributed by atoms with E-state index >= 15 is 0 Å². The van der Waals surface area contributed by atoms with Crippen molar-refractivity contribution in [2.75, 3.05) is 0 Å². The van der Waals surface area contributed by atoms with Crippen LogP contribution >= 0.6 is 11.6 Å². The van der Waals surface area contributed by atoms with Gasteiger partial charge in [0, 0.05) is 17.2 Å². The Hall–Kier alpha value is -2.33. The largest absolute Gasteiger partial charge is 0.489 e. The maximum absolute atomic E-state index is 13.5. The summed E-state index contributed by atoms with van der Waals surface area (Å²) in [6.07, 6.45) is 2.24. The first kappa shape index (κ1) is 15.1. The molecule has 3 nitrogen and oxygen atoms in total. The summed E-state index contributed by atoms with van der Waals surface area (Å²) >= 11 is 5.87. The van der Waals surface area contributed by atoms with Gasteiger partial charge >= 0.3 is 5.97 Å². The maximum atomic E-state index is 13.5. The number of carboxylic acids is 1. The standard InChI is InChI=1S/C16H12ClFO3/c17-13-3-1-2-12(6-13)10-21-15-8-11(4-5-16(19)20)7-14(18)9-15/h1-9H,10H2,(H,19,20)/b5-4+. The van der Waals surface area contributed by atoms with Crippen LogP contribution in [-0.4, -0.2) is 11.1 Å². The second-order valence-electron chi connectivity index (χ2n) is 4.31. The number of hydrogen-bond acceptors (Lipinski definition) is 2. The number of rotatable bonds is 5. The van der Waals surface area contributed by atoms with Crippen LogP contribution in [0, 0.1) is 5.82 Å². The zero-order valence-electron chi connectivity index (χ0n) is 10.9. The number of carbonyl (C=O) groups is 1. The molecule has 0 atom stereocenters. The van der Waals surface area contributed by atoms with Gasteiger partial charge in [-0.3, -0.25) is 0 Å². The van der Waals surface area contributed by atoms with Crippen molar-refractivity contribution < 1.29 is 19.0 Å². The van der Waals surface area contributed by atoms with Crippen molar-refractivity contribution in [2.45, 2.75) is 6.61 Å². The van der Waals surface area contributed by atoms with E-state index in [1.165, 1.54) is 18.2 Å². The molecule has 0 radical (unpaired) electrons. The minimum absolute atomic E-state index is 0.242. The molecule has 0 aliphatic rings. The van der Waals surface area contributed by atoms with Gasteiger partial charge in [0.1, 0.15) is 18.2 Å². The van der Waals surface area contributed by atoms with E-state index in [1.807, 2.05) is 6.07 Å². The summed E-state index contributed by atoms with van der Waals surface area (Å²) in [7, 11) is 0. The molecular formula is C16H12ClFO3. The molecule has 2 aromatic rings. The lowest BCUT2D eigenvalue weighted by Gasteiger charge is -2.08. The molecule has 0 unspecified atom stereocenters. The molecule has 2 rings (SSSR count). The van der Waals surface area contributed by atoms with Crippen molar-refractivity contribution in [3.63, 3.8) is 0 Å².